The van der Waals surface area contributed by atoms with Crippen LogP contribution < -0.4 is 0 Å². The summed E-state index contributed by atoms with van der Waals surface area (Å²) >= 11 is 0. The van der Waals surface area contributed by atoms with Crippen LogP contribution in [0, 0.1) is 11.8 Å². The Kier molecular flexibility index (Phi) is 5.60. The molecule has 2 atom stereocenters. The number of imide groups is 1. The van der Waals surface area contributed by atoms with Gasteiger partial charge in [-0.05, 0) is 6.92 Å². The molecule has 0 aliphatic carbocycles. The monoisotopic (exact) mass is 209 g/mol. The van der Waals surface area contributed by atoms with Gasteiger partial charge < -0.3 is 0 Å². The Hall–Kier alpha value is -1.38. The Morgan fingerprint density at radius 3 is 2.07 bits per heavy atom. The van der Waals surface area contributed by atoms with Crippen molar-refractivity contribution in [2.45, 2.75) is 20.8 Å². The van der Waals surface area contributed by atoms with Gasteiger partial charge in [-0.15, -0.1) is 6.58 Å². The second-order valence-electron chi connectivity index (χ2n) is 3.05. The Labute approximate surface area is 91.5 Å². The number of likely N-dealkylation sites (tertiary alicyclic amines) is 1. The first-order chi connectivity index (χ1) is 7.13. The number of allylic oxidation sites excluding steroid dienone is 1. The highest BCUT2D eigenvalue weighted by atomic mass is 16.2. The molecule has 0 bridgehead atoms. The molecule has 0 spiro atoms. The zero-order valence-electron chi connectivity index (χ0n) is 9.86. The van der Waals surface area contributed by atoms with Gasteiger partial charge in [-0.1, -0.05) is 32.1 Å². The van der Waals surface area contributed by atoms with Crippen molar-refractivity contribution in [2.75, 3.05) is 7.05 Å². The quantitative estimate of drug-likeness (QED) is 0.515. The topological polar surface area (TPSA) is 37.4 Å². The number of carbonyl (C=O) groups excluding carboxylic acids is 2. The zero-order chi connectivity index (χ0) is 12.0. The van der Waals surface area contributed by atoms with Crippen molar-refractivity contribution in [3.05, 3.63) is 24.8 Å². The smallest absolute Gasteiger partial charge is 0.236 e. The van der Waals surface area contributed by atoms with Gasteiger partial charge in [0.2, 0.25) is 11.8 Å². The van der Waals surface area contributed by atoms with Gasteiger partial charge in [0.1, 0.15) is 0 Å². The first-order valence-electron chi connectivity index (χ1n) is 5.20. The average molecular weight is 209 g/mol. The summed E-state index contributed by atoms with van der Waals surface area (Å²) in [5, 5.41) is 0. The first-order valence-corrected chi connectivity index (χ1v) is 5.20. The van der Waals surface area contributed by atoms with E-state index in [0.717, 1.165) is 4.90 Å². The molecule has 0 aromatic carbocycles. The minimum atomic E-state index is -0.381. The van der Waals surface area contributed by atoms with Crippen molar-refractivity contribution in [3.63, 3.8) is 0 Å². The van der Waals surface area contributed by atoms with Crippen molar-refractivity contribution in [3.8, 4) is 0 Å². The van der Waals surface area contributed by atoms with Crippen molar-refractivity contribution in [1.82, 2.24) is 4.90 Å². The Bertz CT molecular complexity index is 281. The molecule has 2 amide bonds. The lowest BCUT2D eigenvalue weighted by Gasteiger charge is -2.04. The third-order valence-electron chi connectivity index (χ3n) is 2.27. The number of amides is 2. The van der Waals surface area contributed by atoms with Gasteiger partial charge in [0, 0.05) is 7.05 Å². The lowest BCUT2D eigenvalue weighted by atomic mass is 9.95. The van der Waals surface area contributed by atoms with E-state index in [1.54, 1.807) is 12.2 Å². The first kappa shape index (κ1) is 13.6. The maximum Gasteiger partial charge on any atom is 0.236 e. The van der Waals surface area contributed by atoms with Crippen molar-refractivity contribution >= 4 is 11.8 Å². The molecule has 1 aliphatic heterocycles. The van der Waals surface area contributed by atoms with Crippen LogP contribution in [0.15, 0.2) is 24.8 Å². The molecule has 15 heavy (non-hydrogen) atoms. The zero-order valence-corrected chi connectivity index (χ0v) is 9.86. The van der Waals surface area contributed by atoms with Crippen LogP contribution >= 0.6 is 0 Å². The predicted octanol–water partition coefficient (Wildman–Crippen LogP) is 2.01. The number of hydrogen-bond donors (Lipinski definition) is 0. The van der Waals surface area contributed by atoms with Crippen LogP contribution in [-0.2, 0) is 9.59 Å². The molecule has 0 saturated carbocycles. The largest absolute Gasteiger partial charge is 0.285 e. The van der Waals surface area contributed by atoms with Crippen molar-refractivity contribution in [1.29, 1.82) is 0 Å². The van der Waals surface area contributed by atoms with Crippen LogP contribution in [0.25, 0.3) is 0 Å². The van der Waals surface area contributed by atoms with Gasteiger partial charge in [0.25, 0.3) is 0 Å². The number of hydrogen-bond acceptors (Lipinski definition) is 2. The van der Waals surface area contributed by atoms with Crippen LogP contribution in [-0.4, -0.2) is 23.8 Å². The van der Waals surface area contributed by atoms with E-state index >= 15 is 0 Å². The molecule has 0 aromatic rings. The van der Waals surface area contributed by atoms with E-state index in [2.05, 4.69) is 6.58 Å². The Morgan fingerprint density at radius 2 is 1.67 bits per heavy atom. The third-order valence-corrected chi connectivity index (χ3v) is 2.27. The standard InChI is InChI=1S/C10H13NO2.C2H6/c1-4-6-8-7(5-2)9(12)11(3)10(8)13;1-2/h4-8H,2H2,1,3H3;1-2H3/b6-4-;. The summed E-state index contributed by atoms with van der Waals surface area (Å²) in [5.41, 5.74) is 0. The summed E-state index contributed by atoms with van der Waals surface area (Å²) in [5.74, 6) is -1.04. The maximum atomic E-state index is 11.5. The summed E-state index contributed by atoms with van der Waals surface area (Å²) in [7, 11) is 1.50. The second kappa shape index (κ2) is 6.17. The van der Waals surface area contributed by atoms with Crippen LogP contribution in [0.5, 0.6) is 0 Å². The fourth-order valence-electron chi connectivity index (χ4n) is 1.52. The van der Waals surface area contributed by atoms with Crippen LogP contribution in [0.3, 0.4) is 0 Å². The molecular weight excluding hydrogens is 190 g/mol. The van der Waals surface area contributed by atoms with Crippen LogP contribution in [0.2, 0.25) is 0 Å². The lowest BCUT2D eigenvalue weighted by molar-refractivity contribution is -0.137. The summed E-state index contributed by atoms with van der Waals surface area (Å²) in [6.07, 6.45) is 5.07. The predicted molar refractivity (Wildman–Crippen MR) is 61.1 cm³/mol. The summed E-state index contributed by atoms with van der Waals surface area (Å²) in [6, 6.07) is 0. The molecule has 1 rings (SSSR count). The van der Waals surface area contributed by atoms with Crippen molar-refractivity contribution in [2.24, 2.45) is 11.8 Å². The van der Waals surface area contributed by atoms with E-state index < -0.39 is 0 Å². The lowest BCUT2D eigenvalue weighted by Crippen LogP contribution is -2.25. The van der Waals surface area contributed by atoms with E-state index in [-0.39, 0.29) is 23.7 Å². The van der Waals surface area contributed by atoms with Crippen LogP contribution in [0.1, 0.15) is 20.8 Å². The highest BCUT2D eigenvalue weighted by molar-refractivity contribution is 6.06. The molecule has 3 nitrogen and oxygen atoms in total. The van der Waals surface area contributed by atoms with E-state index in [0.29, 0.717) is 0 Å². The highest BCUT2D eigenvalue weighted by Crippen LogP contribution is 2.26. The Morgan fingerprint density at radius 1 is 1.20 bits per heavy atom. The van der Waals surface area contributed by atoms with E-state index in [4.69, 9.17) is 0 Å². The molecule has 1 saturated heterocycles. The summed E-state index contributed by atoms with van der Waals surface area (Å²) < 4.78 is 0. The Balaban J connectivity index is 0.000000921. The number of rotatable bonds is 2. The molecule has 0 radical (unpaired) electrons. The second-order valence-corrected chi connectivity index (χ2v) is 3.05. The van der Waals surface area contributed by atoms with Gasteiger partial charge in [-0.3, -0.25) is 14.5 Å². The summed E-state index contributed by atoms with van der Waals surface area (Å²) in [6.45, 7) is 9.39. The SMILES string of the molecule is C=CC1C(=O)N(C)C(=O)C1/C=C\C.CC. The molecule has 0 N–H and O–H groups in total. The minimum absolute atomic E-state index is 0.145. The minimum Gasteiger partial charge on any atom is -0.285 e. The molecule has 1 aliphatic rings. The van der Waals surface area contributed by atoms with E-state index in [9.17, 15) is 9.59 Å². The molecule has 1 fully saturated rings. The van der Waals surface area contributed by atoms with Gasteiger partial charge in [-0.25, -0.2) is 0 Å². The van der Waals surface area contributed by atoms with E-state index in [1.165, 1.54) is 13.1 Å². The summed E-state index contributed by atoms with van der Waals surface area (Å²) in [4.78, 5) is 24.1. The molecule has 1 heterocycles. The normalized spacial score (nSPS) is 25.5. The number of nitrogens with zero attached hydrogens (tertiary/aromatic N) is 1. The fraction of sp³-hybridized carbons (Fsp3) is 0.500. The maximum absolute atomic E-state index is 11.5. The highest BCUT2D eigenvalue weighted by Gasteiger charge is 2.42. The van der Waals surface area contributed by atoms with E-state index in [1.807, 2.05) is 20.8 Å². The van der Waals surface area contributed by atoms with Gasteiger partial charge in [0.05, 0.1) is 11.8 Å². The molecule has 3 heteroatoms. The fourth-order valence-corrected chi connectivity index (χ4v) is 1.52. The average Bonchev–Trinajstić information content (AvgIpc) is 2.47. The van der Waals surface area contributed by atoms with Gasteiger partial charge in [0.15, 0.2) is 0 Å². The third kappa shape index (κ3) is 2.55. The molecule has 2 unspecified atom stereocenters. The van der Waals surface area contributed by atoms with Crippen molar-refractivity contribution < 1.29 is 9.59 Å². The molecular formula is C12H19NO2. The van der Waals surface area contributed by atoms with Crippen LogP contribution in [0.4, 0.5) is 0 Å². The van der Waals surface area contributed by atoms with Gasteiger partial charge in [-0.2, -0.15) is 0 Å². The van der Waals surface area contributed by atoms with Gasteiger partial charge >= 0.3 is 0 Å². The molecule has 0 aromatic heterocycles. The number of carbonyl (C=O) groups is 2. The molecule has 84 valence electrons.